The largest absolute Gasteiger partial charge is 0.248 e. The van der Waals surface area contributed by atoms with E-state index in [9.17, 15) is 0 Å². The summed E-state index contributed by atoms with van der Waals surface area (Å²) in [4.78, 5) is 0. The fourth-order valence-electron chi connectivity index (χ4n) is 6.01. The zero-order valence-electron chi connectivity index (χ0n) is 24.3. The number of rotatable bonds is 7. The summed E-state index contributed by atoms with van der Waals surface area (Å²) in [6.07, 6.45) is 0. The first-order valence-corrected chi connectivity index (χ1v) is 18.0. The van der Waals surface area contributed by atoms with Crippen LogP contribution in [-0.4, -0.2) is 7.38 Å². The quantitative estimate of drug-likeness (QED) is 0.0973. The van der Waals surface area contributed by atoms with E-state index in [1.165, 1.54) is 22.3 Å². The van der Waals surface area contributed by atoms with Crippen LogP contribution < -0.4 is 15.6 Å². The average Bonchev–Trinajstić information content (AvgIpc) is 3.12. The lowest BCUT2D eigenvalue weighted by Gasteiger charge is -2.29. The summed E-state index contributed by atoms with van der Waals surface area (Å²) in [5.41, 5.74) is 9.36. The number of hydrogen-bond donors (Lipinski definition) is 0. The van der Waals surface area contributed by atoms with Crippen LogP contribution in [0.2, 0.25) is 0 Å². The minimum Gasteiger partial charge on any atom is -0.149 e. The molecule has 2 heteroatoms. The summed E-state index contributed by atoms with van der Waals surface area (Å²) in [6.45, 7) is 0. The molecule has 0 amide bonds. The molecule has 0 heterocycles. The van der Waals surface area contributed by atoms with Gasteiger partial charge in [-0.25, -0.2) is 0 Å². The molecular weight excluding hydrogens is 568 g/mol. The predicted molar refractivity (Wildman–Crippen MR) is 192 cm³/mol. The van der Waals surface area contributed by atoms with Gasteiger partial charge in [0.25, 0.3) is 0 Å². The van der Waals surface area contributed by atoms with Crippen molar-refractivity contribution in [1.82, 2.24) is 0 Å². The van der Waals surface area contributed by atoms with Crippen LogP contribution in [0.1, 0.15) is 0 Å². The molecule has 0 aliphatic carbocycles. The van der Waals surface area contributed by atoms with Gasteiger partial charge >= 0.3 is 0 Å². The first kappa shape index (κ1) is 27.9. The predicted octanol–water partition coefficient (Wildman–Crippen LogP) is 9.56. The zero-order chi connectivity index (χ0) is 29.8. The highest BCUT2D eigenvalue weighted by Crippen LogP contribution is 2.30. The van der Waals surface area contributed by atoms with E-state index in [4.69, 9.17) is 11.1 Å². The summed E-state index contributed by atoms with van der Waals surface area (Å²) in [6, 6.07) is 67.1. The number of halogens is 1. The molecule has 7 aromatic rings. The molecule has 0 unspecified atom stereocenters. The molecule has 210 valence electrons. The van der Waals surface area contributed by atoms with Gasteiger partial charge in [-0.1, -0.05) is 176 Å². The molecule has 0 atom stereocenters. The third-order valence-corrected chi connectivity index (χ3v) is 13.5. The van der Waals surface area contributed by atoms with Gasteiger partial charge in [-0.2, -0.15) is 0 Å². The summed E-state index contributed by atoms with van der Waals surface area (Å²) < 4.78 is 0. The van der Waals surface area contributed by atoms with Crippen LogP contribution in [0.4, 0.5) is 0 Å². The van der Waals surface area contributed by atoms with Gasteiger partial charge in [0.1, 0.15) is 0 Å². The van der Waals surface area contributed by atoms with Gasteiger partial charge in [0.2, 0.25) is 7.38 Å². The van der Waals surface area contributed by atoms with Crippen LogP contribution in [0.25, 0.3) is 44.5 Å². The van der Waals surface area contributed by atoms with E-state index in [-0.39, 0.29) is 0 Å². The van der Waals surface area contributed by atoms with Crippen LogP contribution in [0.3, 0.4) is 0 Å². The van der Waals surface area contributed by atoms with E-state index in [1.54, 1.807) is 0 Å². The van der Waals surface area contributed by atoms with Crippen molar-refractivity contribution in [3.8, 4) is 44.5 Å². The highest BCUT2D eigenvalue weighted by Gasteiger charge is 2.39. The summed E-state index contributed by atoms with van der Waals surface area (Å²) in [5, 5.41) is 3.49. The topological polar surface area (TPSA) is 0 Å². The molecular formula is C42H31ClSi. The van der Waals surface area contributed by atoms with Gasteiger partial charge in [-0.3, -0.25) is 0 Å². The van der Waals surface area contributed by atoms with E-state index in [2.05, 4.69) is 188 Å². The summed E-state index contributed by atoms with van der Waals surface area (Å²) in [5.74, 6) is 0. The van der Waals surface area contributed by atoms with E-state index >= 15 is 0 Å². The molecule has 44 heavy (non-hydrogen) atoms. The fourth-order valence-corrected chi connectivity index (χ4v) is 10.1. The maximum Gasteiger partial charge on any atom is 0.248 e. The Morgan fingerprint density at radius 1 is 0.250 bits per heavy atom. The van der Waals surface area contributed by atoms with E-state index in [0.717, 1.165) is 37.8 Å². The minimum atomic E-state index is -3.06. The van der Waals surface area contributed by atoms with Crippen molar-refractivity contribution in [3.05, 3.63) is 188 Å². The molecule has 7 rings (SSSR count). The Labute approximate surface area is 265 Å². The van der Waals surface area contributed by atoms with Gasteiger partial charge in [0.15, 0.2) is 0 Å². The Hall–Kier alpha value is -4.95. The van der Waals surface area contributed by atoms with Gasteiger partial charge in [-0.15, -0.1) is 11.1 Å². The van der Waals surface area contributed by atoms with Crippen LogP contribution in [0.15, 0.2) is 188 Å². The maximum atomic E-state index is 8.29. The molecule has 0 fully saturated rings. The second kappa shape index (κ2) is 12.3. The molecule has 0 aliphatic rings. The molecule has 0 saturated heterocycles. The van der Waals surface area contributed by atoms with Crippen molar-refractivity contribution < 1.29 is 0 Å². The third-order valence-electron chi connectivity index (χ3n) is 8.26. The van der Waals surface area contributed by atoms with Gasteiger partial charge in [0.05, 0.1) is 0 Å². The molecule has 0 aromatic heterocycles. The summed E-state index contributed by atoms with van der Waals surface area (Å²) in [7, 11) is -3.06. The minimum absolute atomic E-state index is 1.16. The number of hydrogen-bond acceptors (Lipinski definition) is 0. The monoisotopic (exact) mass is 598 g/mol. The van der Waals surface area contributed by atoms with Crippen molar-refractivity contribution in [1.29, 1.82) is 0 Å². The first-order valence-electron chi connectivity index (χ1n) is 15.0. The zero-order valence-corrected chi connectivity index (χ0v) is 26.0. The number of benzene rings is 7. The van der Waals surface area contributed by atoms with Crippen LogP contribution in [-0.2, 0) is 0 Å². The molecule has 7 aromatic carbocycles. The van der Waals surface area contributed by atoms with Crippen LogP contribution in [0, 0.1) is 0 Å². The third kappa shape index (κ3) is 5.56. The maximum absolute atomic E-state index is 8.29. The SMILES string of the molecule is Cl[Si](c1ccccc1)(c1cc(-c2ccccc2)cc(-c2ccccc2)c1)c1cc(-c2ccccc2)cc(-c2ccccc2)c1. The highest BCUT2D eigenvalue weighted by atomic mass is 35.6. The molecule has 0 radical (unpaired) electrons. The van der Waals surface area contributed by atoms with E-state index in [0.29, 0.717) is 0 Å². The normalized spacial score (nSPS) is 11.3. The Kier molecular flexibility index (Phi) is 7.81. The van der Waals surface area contributed by atoms with Gasteiger partial charge in [-0.05, 0) is 72.2 Å². The second-order valence-electron chi connectivity index (χ2n) is 11.1. The van der Waals surface area contributed by atoms with E-state index < -0.39 is 7.38 Å². The van der Waals surface area contributed by atoms with Crippen molar-refractivity contribution in [2.45, 2.75) is 0 Å². The molecule has 0 nitrogen and oxygen atoms in total. The Balaban J connectivity index is 1.53. The standard InChI is InChI=1S/C42H31ClSi/c43-44(40-24-14-5-15-25-40,41-28-36(32-16-6-1-7-17-32)26-37(29-41)33-18-8-2-9-19-33)42-30-38(34-20-10-3-11-21-34)27-39(31-42)35-22-12-4-13-23-35/h1-31H. The van der Waals surface area contributed by atoms with Crippen LogP contribution in [0.5, 0.6) is 0 Å². The van der Waals surface area contributed by atoms with Crippen molar-refractivity contribution in [3.63, 3.8) is 0 Å². The fraction of sp³-hybridized carbons (Fsp3) is 0. The Morgan fingerprint density at radius 3 is 0.773 bits per heavy atom. The molecule has 0 N–H and O–H groups in total. The molecule has 0 saturated carbocycles. The first-order chi connectivity index (χ1) is 21.7. The lowest BCUT2D eigenvalue weighted by Crippen LogP contribution is -2.63. The lowest BCUT2D eigenvalue weighted by molar-refractivity contribution is 1.59. The highest BCUT2D eigenvalue weighted by molar-refractivity contribution is 7.40. The summed E-state index contributed by atoms with van der Waals surface area (Å²) >= 11 is 8.29. The molecule has 0 spiro atoms. The van der Waals surface area contributed by atoms with Crippen molar-refractivity contribution >= 4 is 34.0 Å². The lowest BCUT2D eigenvalue weighted by atomic mass is 9.99. The smallest absolute Gasteiger partial charge is 0.149 e. The van der Waals surface area contributed by atoms with Gasteiger partial charge < -0.3 is 0 Å². The van der Waals surface area contributed by atoms with Crippen molar-refractivity contribution in [2.24, 2.45) is 0 Å². The van der Waals surface area contributed by atoms with E-state index in [1.807, 2.05) is 0 Å². The second-order valence-corrected chi connectivity index (χ2v) is 15.8. The molecule has 0 bridgehead atoms. The Bertz CT molecular complexity index is 1750. The van der Waals surface area contributed by atoms with Crippen molar-refractivity contribution in [2.75, 3.05) is 0 Å². The Morgan fingerprint density at radius 2 is 0.500 bits per heavy atom. The van der Waals surface area contributed by atoms with Gasteiger partial charge in [0, 0.05) is 0 Å². The average molecular weight is 599 g/mol. The van der Waals surface area contributed by atoms with Crippen LogP contribution >= 0.6 is 11.1 Å². The molecule has 0 aliphatic heterocycles.